The summed E-state index contributed by atoms with van der Waals surface area (Å²) in [5.41, 5.74) is 5.31. The second-order valence-electron chi connectivity index (χ2n) is 3.20. The Morgan fingerprint density at radius 3 is 3.07 bits per heavy atom. The predicted octanol–water partition coefficient (Wildman–Crippen LogP) is -0.916. The van der Waals surface area contributed by atoms with Crippen LogP contribution in [0.25, 0.3) is 0 Å². The molecule has 1 aromatic heterocycles. The molecule has 0 aliphatic heterocycles. The molecular weight excluding hydrogens is 196 g/mol. The number of nitrogens with one attached hydrogen (secondary N) is 1. The van der Waals surface area contributed by atoms with E-state index in [1.54, 1.807) is 6.33 Å². The third kappa shape index (κ3) is 3.94. The molecule has 0 aromatic carbocycles. The van der Waals surface area contributed by atoms with Gasteiger partial charge in [0.1, 0.15) is 18.0 Å². The minimum atomic E-state index is 0.237. The van der Waals surface area contributed by atoms with Crippen LogP contribution in [0.4, 0.5) is 0 Å². The van der Waals surface area contributed by atoms with Gasteiger partial charge in [-0.05, 0) is 0 Å². The van der Waals surface area contributed by atoms with Gasteiger partial charge >= 0.3 is 0 Å². The highest BCUT2D eigenvalue weighted by Gasteiger charge is 1.99. The van der Waals surface area contributed by atoms with E-state index in [9.17, 15) is 0 Å². The van der Waals surface area contributed by atoms with E-state index in [0.29, 0.717) is 13.0 Å². The average Bonchev–Trinajstić information content (AvgIpc) is 2.63. The Labute approximate surface area is 88.0 Å². The first kappa shape index (κ1) is 11.4. The number of oxime groups is 1. The highest BCUT2D eigenvalue weighted by molar-refractivity contribution is 5.79. The molecule has 1 rings (SSSR count). The van der Waals surface area contributed by atoms with Crippen LogP contribution in [0.1, 0.15) is 12.2 Å². The summed E-state index contributed by atoms with van der Waals surface area (Å²) in [6.45, 7) is 1.49. The van der Waals surface area contributed by atoms with Crippen molar-refractivity contribution in [1.82, 2.24) is 20.1 Å². The maximum Gasteiger partial charge on any atom is 0.140 e. The van der Waals surface area contributed by atoms with Crippen molar-refractivity contribution in [3.63, 3.8) is 0 Å². The summed E-state index contributed by atoms with van der Waals surface area (Å²) in [5, 5.41) is 22.1. The lowest BCUT2D eigenvalue weighted by atomic mass is 10.3. The summed E-state index contributed by atoms with van der Waals surface area (Å²) >= 11 is 0. The first-order valence-corrected chi connectivity index (χ1v) is 4.74. The van der Waals surface area contributed by atoms with Crippen molar-refractivity contribution in [2.45, 2.75) is 12.8 Å². The van der Waals surface area contributed by atoms with E-state index in [1.807, 2.05) is 11.6 Å². The Bertz CT molecular complexity index is 321. The molecule has 0 saturated heterocycles. The fourth-order valence-electron chi connectivity index (χ4n) is 1.13. The molecule has 0 fully saturated rings. The molecular formula is C8H16N6O. The van der Waals surface area contributed by atoms with Crippen molar-refractivity contribution in [1.29, 1.82) is 0 Å². The van der Waals surface area contributed by atoms with Crippen LogP contribution in [0.2, 0.25) is 0 Å². The number of nitrogens with two attached hydrogens (primary N) is 1. The second-order valence-corrected chi connectivity index (χ2v) is 3.20. The molecule has 1 heterocycles. The Kier molecular flexibility index (Phi) is 4.55. The molecule has 4 N–H and O–H groups in total. The molecule has 0 atom stereocenters. The minimum Gasteiger partial charge on any atom is -0.409 e. The topological polar surface area (TPSA) is 101 Å². The summed E-state index contributed by atoms with van der Waals surface area (Å²) in [7, 11) is 1.91. The highest BCUT2D eigenvalue weighted by atomic mass is 16.4. The molecule has 0 aliphatic carbocycles. The van der Waals surface area contributed by atoms with Gasteiger partial charge in [0.25, 0.3) is 0 Å². The summed E-state index contributed by atoms with van der Waals surface area (Å²) in [6.07, 6.45) is 3.02. The van der Waals surface area contributed by atoms with Crippen LogP contribution in [0, 0.1) is 0 Å². The van der Waals surface area contributed by atoms with E-state index in [0.717, 1.165) is 18.8 Å². The van der Waals surface area contributed by atoms with Crippen LogP contribution >= 0.6 is 0 Å². The molecule has 0 aliphatic rings. The van der Waals surface area contributed by atoms with Crippen LogP contribution in [0.5, 0.6) is 0 Å². The Morgan fingerprint density at radius 2 is 2.47 bits per heavy atom. The first-order valence-electron chi connectivity index (χ1n) is 4.74. The lowest BCUT2D eigenvalue weighted by Gasteiger charge is -2.03. The molecule has 0 saturated carbocycles. The first-order chi connectivity index (χ1) is 7.24. The van der Waals surface area contributed by atoms with Crippen molar-refractivity contribution >= 4 is 5.84 Å². The van der Waals surface area contributed by atoms with Gasteiger partial charge in [-0.2, -0.15) is 0 Å². The van der Waals surface area contributed by atoms with Crippen LogP contribution in [-0.4, -0.2) is 38.9 Å². The van der Waals surface area contributed by atoms with Crippen LogP contribution < -0.4 is 11.1 Å². The summed E-state index contributed by atoms with van der Waals surface area (Å²) < 4.78 is 1.88. The van der Waals surface area contributed by atoms with Gasteiger partial charge in [-0.15, -0.1) is 10.2 Å². The fraction of sp³-hybridized carbons (Fsp3) is 0.625. The summed E-state index contributed by atoms with van der Waals surface area (Å²) in [6, 6.07) is 0. The van der Waals surface area contributed by atoms with E-state index < -0.39 is 0 Å². The van der Waals surface area contributed by atoms with Crippen LogP contribution in [-0.2, 0) is 13.5 Å². The Balaban J connectivity index is 2.10. The number of nitrogens with zero attached hydrogens (tertiary/aromatic N) is 4. The lowest BCUT2D eigenvalue weighted by molar-refractivity contribution is 0.316. The normalized spacial score (nSPS) is 11.9. The van der Waals surface area contributed by atoms with Gasteiger partial charge < -0.3 is 20.8 Å². The number of amidine groups is 1. The van der Waals surface area contributed by atoms with E-state index in [-0.39, 0.29) is 5.84 Å². The molecule has 0 amide bonds. The third-order valence-corrected chi connectivity index (χ3v) is 2.02. The van der Waals surface area contributed by atoms with Gasteiger partial charge in [-0.25, -0.2) is 0 Å². The molecule has 0 unspecified atom stereocenters. The van der Waals surface area contributed by atoms with E-state index in [4.69, 9.17) is 10.9 Å². The van der Waals surface area contributed by atoms with Gasteiger partial charge in [0.2, 0.25) is 0 Å². The van der Waals surface area contributed by atoms with Crippen molar-refractivity contribution in [2.75, 3.05) is 13.1 Å². The predicted molar refractivity (Wildman–Crippen MR) is 55.6 cm³/mol. The zero-order valence-corrected chi connectivity index (χ0v) is 8.72. The second kappa shape index (κ2) is 5.97. The lowest BCUT2D eigenvalue weighted by Crippen LogP contribution is -2.24. The molecule has 1 aromatic rings. The van der Waals surface area contributed by atoms with Gasteiger partial charge in [0.05, 0.1) is 0 Å². The van der Waals surface area contributed by atoms with Crippen LogP contribution in [0.15, 0.2) is 11.5 Å². The largest absolute Gasteiger partial charge is 0.409 e. The minimum absolute atomic E-state index is 0.237. The maximum absolute atomic E-state index is 8.29. The molecule has 84 valence electrons. The Hall–Kier alpha value is -1.63. The quantitative estimate of drug-likeness (QED) is 0.186. The zero-order chi connectivity index (χ0) is 11.1. The maximum atomic E-state index is 8.29. The average molecular weight is 212 g/mol. The number of hydrogen-bond acceptors (Lipinski definition) is 5. The van der Waals surface area contributed by atoms with Crippen molar-refractivity contribution < 1.29 is 5.21 Å². The third-order valence-electron chi connectivity index (χ3n) is 2.02. The molecule has 0 bridgehead atoms. The van der Waals surface area contributed by atoms with Gasteiger partial charge in [-0.3, -0.25) is 0 Å². The monoisotopic (exact) mass is 212 g/mol. The van der Waals surface area contributed by atoms with Crippen LogP contribution in [0.3, 0.4) is 0 Å². The highest BCUT2D eigenvalue weighted by Crippen LogP contribution is 1.91. The Morgan fingerprint density at radius 1 is 1.67 bits per heavy atom. The van der Waals surface area contributed by atoms with Crippen molar-refractivity contribution in [2.24, 2.45) is 17.9 Å². The van der Waals surface area contributed by atoms with Gasteiger partial charge in [-0.1, -0.05) is 5.16 Å². The SMILES string of the molecule is Cn1cnnc1CCNCCC(N)=NO. The molecule has 0 radical (unpaired) electrons. The fourth-order valence-corrected chi connectivity index (χ4v) is 1.13. The summed E-state index contributed by atoms with van der Waals surface area (Å²) in [5.74, 6) is 1.17. The molecule has 15 heavy (non-hydrogen) atoms. The van der Waals surface area contributed by atoms with Crippen molar-refractivity contribution in [3.05, 3.63) is 12.2 Å². The molecule has 7 nitrogen and oxygen atoms in total. The smallest absolute Gasteiger partial charge is 0.140 e. The van der Waals surface area contributed by atoms with Crippen molar-refractivity contribution in [3.8, 4) is 0 Å². The van der Waals surface area contributed by atoms with E-state index in [2.05, 4.69) is 20.7 Å². The zero-order valence-electron chi connectivity index (χ0n) is 8.72. The standard InChI is InChI=1S/C8H16N6O/c1-14-6-11-12-8(14)3-5-10-4-2-7(9)13-15/h6,10,15H,2-5H2,1H3,(H2,9,13). The van der Waals surface area contributed by atoms with Gasteiger partial charge in [0.15, 0.2) is 0 Å². The van der Waals surface area contributed by atoms with E-state index >= 15 is 0 Å². The molecule has 7 heteroatoms. The number of aromatic nitrogens is 3. The molecule has 0 spiro atoms. The number of aryl methyl sites for hydroxylation is 1. The van der Waals surface area contributed by atoms with Gasteiger partial charge in [0, 0.05) is 33.0 Å². The number of rotatable bonds is 6. The number of hydrogen-bond donors (Lipinski definition) is 3. The van der Waals surface area contributed by atoms with E-state index in [1.165, 1.54) is 0 Å². The summed E-state index contributed by atoms with van der Waals surface area (Å²) in [4.78, 5) is 0.